The van der Waals surface area contributed by atoms with Crippen LogP contribution in [0.15, 0.2) is 60.8 Å². The lowest BCUT2D eigenvalue weighted by atomic mass is 9.99. The Kier molecular flexibility index (Phi) is 45.4. The van der Waals surface area contributed by atoms with Gasteiger partial charge in [0, 0.05) is 12.8 Å². The molecule has 1 rings (SSSR count). The van der Waals surface area contributed by atoms with E-state index in [1.54, 1.807) is 6.08 Å². The van der Waals surface area contributed by atoms with Crippen LogP contribution in [0.25, 0.3) is 0 Å². The smallest absolute Gasteiger partial charge is 0.305 e. The topological polar surface area (TPSA) is 175 Å². The predicted molar refractivity (Wildman–Crippen MR) is 287 cm³/mol. The number of amides is 1. The minimum Gasteiger partial charge on any atom is -0.466 e. The van der Waals surface area contributed by atoms with Crippen molar-refractivity contribution in [2.24, 2.45) is 0 Å². The Morgan fingerprint density at radius 3 is 1.59 bits per heavy atom. The second-order valence-electron chi connectivity index (χ2n) is 19.7. The van der Waals surface area contributed by atoms with E-state index in [2.05, 4.69) is 67.8 Å². The summed E-state index contributed by atoms with van der Waals surface area (Å²) in [7, 11) is 0. The van der Waals surface area contributed by atoms with Crippen LogP contribution in [0.1, 0.15) is 239 Å². The van der Waals surface area contributed by atoms with E-state index in [1.807, 2.05) is 6.08 Å². The summed E-state index contributed by atoms with van der Waals surface area (Å²) < 4.78 is 16.7. The molecule has 0 radical (unpaired) electrons. The van der Waals surface area contributed by atoms with Crippen molar-refractivity contribution in [1.29, 1.82) is 0 Å². The Bertz CT molecular complexity index is 1350. The van der Waals surface area contributed by atoms with Crippen molar-refractivity contribution in [3.05, 3.63) is 60.8 Å². The van der Waals surface area contributed by atoms with Gasteiger partial charge in [-0.15, -0.1) is 0 Å². The molecule has 1 fully saturated rings. The van der Waals surface area contributed by atoms with E-state index in [9.17, 15) is 35.1 Å². The Balaban J connectivity index is 2.19. The van der Waals surface area contributed by atoms with Gasteiger partial charge in [0.25, 0.3) is 0 Å². The maximum Gasteiger partial charge on any atom is 0.305 e. The van der Waals surface area contributed by atoms with Crippen LogP contribution < -0.4 is 5.32 Å². The summed E-state index contributed by atoms with van der Waals surface area (Å²) >= 11 is 0. The van der Waals surface area contributed by atoms with E-state index in [0.717, 1.165) is 116 Å². The lowest BCUT2D eigenvalue weighted by Crippen LogP contribution is -2.60. The third-order valence-electron chi connectivity index (χ3n) is 13.1. The maximum absolute atomic E-state index is 13.0. The number of hydrogen-bond acceptors (Lipinski definition) is 10. The van der Waals surface area contributed by atoms with Crippen molar-refractivity contribution in [2.45, 2.75) is 281 Å². The number of aliphatic hydroxyl groups excluding tert-OH is 5. The summed E-state index contributed by atoms with van der Waals surface area (Å²) in [4.78, 5) is 25.1. The maximum atomic E-state index is 13.0. The minimum absolute atomic E-state index is 0.0571. The molecule has 0 aromatic heterocycles. The molecule has 1 aliphatic rings. The quantitative estimate of drug-likeness (QED) is 0.0149. The molecule has 1 heterocycles. The molecule has 7 atom stereocenters. The van der Waals surface area contributed by atoms with Gasteiger partial charge in [0.1, 0.15) is 24.4 Å². The average Bonchev–Trinajstić information content (AvgIpc) is 3.36. The van der Waals surface area contributed by atoms with Crippen LogP contribution in [-0.2, 0) is 23.8 Å². The molecule has 1 amide bonds. The highest BCUT2D eigenvalue weighted by atomic mass is 16.7. The Labute approximate surface area is 427 Å². The van der Waals surface area contributed by atoms with Crippen LogP contribution >= 0.6 is 0 Å². The molecule has 0 saturated carbocycles. The minimum atomic E-state index is -1.58. The summed E-state index contributed by atoms with van der Waals surface area (Å²) in [5, 5.41) is 54.4. The summed E-state index contributed by atoms with van der Waals surface area (Å²) in [6.07, 6.45) is 51.5. The third kappa shape index (κ3) is 38.0. The Hall–Kier alpha value is -2.64. The zero-order valence-corrected chi connectivity index (χ0v) is 44.5. The fourth-order valence-electron chi connectivity index (χ4n) is 8.52. The second kappa shape index (κ2) is 48.6. The molecule has 0 spiro atoms. The first-order valence-corrected chi connectivity index (χ1v) is 28.6. The third-order valence-corrected chi connectivity index (χ3v) is 13.1. The first kappa shape index (κ1) is 65.4. The molecule has 406 valence electrons. The van der Waals surface area contributed by atoms with Crippen LogP contribution in [-0.4, -0.2) is 100 Å². The van der Waals surface area contributed by atoms with Crippen LogP contribution in [0.3, 0.4) is 0 Å². The van der Waals surface area contributed by atoms with Gasteiger partial charge < -0.3 is 45.1 Å². The number of aliphatic hydroxyl groups is 5. The van der Waals surface area contributed by atoms with E-state index < -0.39 is 49.5 Å². The summed E-state index contributed by atoms with van der Waals surface area (Å²) in [5.41, 5.74) is 0. The van der Waals surface area contributed by atoms with E-state index in [-0.39, 0.29) is 18.5 Å². The number of esters is 1. The number of hydrogen-bond donors (Lipinski definition) is 6. The molecule has 7 unspecified atom stereocenters. The van der Waals surface area contributed by atoms with Gasteiger partial charge in [-0.1, -0.05) is 197 Å². The molecule has 1 aliphatic heterocycles. The highest BCUT2D eigenvalue weighted by molar-refractivity contribution is 5.76. The highest BCUT2D eigenvalue weighted by Gasteiger charge is 2.44. The van der Waals surface area contributed by atoms with Crippen LogP contribution in [0, 0.1) is 0 Å². The van der Waals surface area contributed by atoms with Crippen molar-refractivity contribution < 1.29 is 49.3 Å². The van der Waals surface area contributed by atoms with Gasteiger partial charge in [0.05, 0.1) is 32.0 Å². The van der Waals surface area contributed by atoms with Gasteiger partial charge >= 0.3 is 5.97 Å². The first-order valence-electron chi connectivity index (χ1n) is 28.6. The Morgan fingerprint density at radius 1 is 0.543 bits per heavy atom. The monoisotopic (exact) mass is 988 g/mol. The largest absolute Gasteiger partial charge is 0.466 e. The molecule has 70 heavy (non-hydrogen) atoms. The molecule has 11 heteroatoms. The number of carbonyl (C=O) groups excluding carboxylic acids is 2. The zero-order chi connectivity index (χ0) is 51.0. The average molecular weight is 988 g/mol. The fourth-order valence-corrected chi connectivity index (χ4v) is 8.52. The Morgan fingerprint density at radius 2 is 1.03 bits per heavy atom. The molecular formula is C59H105NO10. The van der Waals surface area contributed by atoms with Gasteiger partial charge in [-0.05, 0) is 89.9 Å². The summed E-state index contributed by atoms with van der Waals surface area (Å²) in [5.74, 6) is -0.263. The van der Waals surface area contributed by atoms with Crippen molar-refractivity contribution in [2.75, 3.05) is 19.8 Å². The van der Waals surface area contributed by atoms with Crippen LogP contribution in [0.4, 0.5) is 0 Å². The summed E-state index contributed by atoms with van der Waals surface area (Å²) in [6.45, 7) is 4.19. The number of nitrogens with one attached hydrogen (secondary N) is 1. The van der Waals surface area contributed by atoms with Crippen molar-refractivity contribution in [1.82, 2.24) is 5.32 Å². The fraction of sp³-hybridized carbons (Fsp3) is 0.797. The number of ether oxygens (including phenoxy) is 3. The predicted octanol–water partition coefficient (Wildman–Crippen LogP) is 12.7. The van der Waals surface area contributed by atoms with E-state index in [1.165, 1.54) is 96.3 Å². The lowest BCUT2D eigenvalue weighted by Gasteiger charge is -2.40. The van der Waals surface area contributed by atoms with E-state index in [4.69, 9.17) is 14.2 Å². The molecule has 1 saturated heterocycles. The number of unbranched alkanes of at least 4 members (excludes halogenated alkanes) is 27. The number of rotatable bonds is 48. The van der Waals surface area contributed by atoms with Crippen molar-refractivity contribution >= 4 is 11.9 Å². The van der Waals surface area contributed by atoms with E-state index >= 15 is 0 Å². The molecule has 6 N–H and O–H groups in total. The van der Waals surface area contributed by atoms with Crippen molar-refractivity contribution in [3.8, 4) is 0 Å². The van der Waals surface area contributed by atoms with Crippen molar-refractivity contribution in [3.63, 3.8) is 0 Å². The standard InChI is InChI=1S/C59H105NO10/c1-3-5-7-9-11-13-15-17-22-25-29-33-37-41-45-52(62)51(50-69-59-58(67)57(66)56(65)53(49-61)70-59)60-54(63)46-42-38-34-30-26-23-19-18-20-24-28-32-36-40-44-48-68-55(64)47-43-39-35-31-27-21-16-14-12-10-8-6-4-2/h8,10,14,16,18,20,24,28,41,45,51-53,56-59,61-62,65-67H,3-7,9,11-13,15,17,19,21-23,25-27,29-40,42-44,46-50H2,1-2H3,(H,60,63)/b10-8-,16-14-,20-18-,28-24-,45-41+. The molecule has 0 bridgehead atoms. The normalized spacial score (nSPS) is 19.7. The SMILES string of the molecule is CCC/C=C\C/C=C\CCCCCCCC(=O)OCCCCC/C=C\C=C/CCCCCCCCC(=O)NC(COC1OC(CO)C(O)C(O)C1O)C(O)/C=C/CCCCCCCCCCCCCC. The first-order chi connectivity index (χ1) is 34.2. The van der Waals surface area contributed by atoms with Crippen LogP contribution in [0.5, 0.6) is 0 Å². The number of allylic oxidation sites excluding steroid dienone is 9. The molecule has 0 aromatic rings. The molecule has 11 nitrogen and oxygen atoms in total. The highest BCUT2D eigenvalue weighted by Crippen LogP contribution is 2.23. The molecule has 0 aromatic carbocycles. The summed E-state index contributed by atoms with van der Waals surface area (Å²) in [6, 6.07) is -0.828. The lowest BCUT2D eigenvalue weighted by molar-refractivity contribution is -0.302. The molecular weight excluding hydrogens is 883 g/mol. The number of carbonyl (C=O) groups is 2. The van der Waals surface area contributed by atoms with Gasteiger partial charge in [0.2, 0.25) is 5.91 Å². The van der Waals surface area contributed by atoms with E-state index in [0.29, 0.717) is 19.4 Å². The van der Waals surface area contributed by atoms with Gasteiger partial charge in [-0.25, -0.2) is 0 Å². The van der Waals surface area contributed by atoms with Gasteiger partial charge in [0.15, 0.2) is 6.29 Å². The van der Waals surface area contributed by atoms with Crippen LogP contribution in [0.2, 0.25) is 0 Å². The van der Waals surface area contributed by atoms with Gasteiger partial charge in [-0.2, -0.15) is 0 Å². The second-order valence-corrected chi connectivity index (χ2v) is 19.7. The van der Waals surface area contributed by atoms with Gasteiger partial charge in [-0.3, -0.25) is 9.59 Å². The molecule has 0 aliphatic carbocycles. The zero-order valence-electron chi connectivity index (χ0n) is 44.5.